The molecule has 0 aromatic rings. The molecular weight excluding hydrogens is 316 g/mol. The third-order valence-corrected chi connectivity index (χ3v) is 5.58. The normalized spacial score (nSPS) is 29.8. The van der Waals surface area contributed by atoms with Crippen LogP contribution in [0.3, 0.4) is 0 Å². The number of carbonyl (C=O) groups is 1. The van der Waals surface area contributed by atoms with Gasteiger partial charge in [0, 0.05) is 12.3 Å². The van der Waals surface area contributed by atoms with Crippen molar-refractivity contribution in [2.75, 3.05) is 6.61 Å². The highest BCUT2D eigenvalue weighted by Gasteiger charge is 2.46. The smallest absolute Gasteiger partial charge is 0.303 e. The maximum Gasteiger partial charge on any atom is 0.303 e. The summed E-state index contributed by atoms with van der Waals surface area (Å²) >= 11 is 0. The number of fused-ring (bicyclic) bond motifs is 2. The van der Waals surface area contributed by atoms with Crippen LogP contribution < -0.4 is 0 Å². The summed E-state index contributed by atoms with van der Waals surface area (Å²) in [7, 11) is 0. The molecule has 2 rings (SSSR count). The number of hydrogen-bond acceptors (Lipinski definition) is 3. The van der Waals surface area contributed by atoms with Crippen molar-refractivity contribution >= 4 is 5.97 Å². The summed E-state index contributed by atoms with van der Waals surface area (Å²) in [6, 6.07) is 0. The molecule has 2 bridgehead atoms. The molecule has 1 heterocycles. The minimum Gasteiger partial charge on any atom is -0.481 e. The maximum atomic E-state index is 10.5. The van der Waals surface area contributed by atoms with E-state index in [1.807, 2.05) is 6.08 Å². The van der Waals surface area contributed by atoms with Crippen molar-refractivity contribution in [1.29, 1.82) is 0 Å². The first-order valence-corrected chi connectivity index (χ1v) is 9.96. The van der Waals surface area contributed by atoms with Crippen LogP contribution in [0.15, 0.2) is 24.3 Å². The topological polar surface area (TPSA) is 66.8 Å². The lowest BCUT2D eigenvalue weighted by Crippen LogP contribution is -2.27. The molecule has 4 heteroatoms. The largest absolute Gasteiger partial charge is 0.481 e. The molecule has 5 atom stereocenters. The van der Waals surface area contributed by atoms with Crippen molar-refractivity contribution < 1.29 is 19.7 Å². The zero-order valence-electron chi connectivity index (χ0n) is 15.5. The zero-order valence-corrected chi connectivity index (χ0v) is 15.5. The number of aliphatic hydroxyl groups excluding tert-OH is 1. The van der Waals surface area contributed by atoms with Crippen LogP contribution in [0, 0.1) is 17.8 Å². The van der Waals surface area contributed by atoms with Crippen LogP contribution in [0.1, 0.15) is 64.7 Å². The van der Waals surface area contributed by atoms with Gasteiger partial charge in [0.2, 0.25) is 0 Å². The number of aliphatic carboxylic acids is 1. The minimum atomic E-state index is -0.721. The van der Waals surface area contributed by atoms with Gasteiger partial charge < -0.3 is 14.9 Å². The van der Waals surface area contributed by atoms with Gasteiger partial charge in [0.25, 0.3) is 0 Å². The summed E-state index contributed by atoms with van der Waals surface area (Å²) in [5.41, 5.74) is 0. The van der Waals surface area contributed by atoms with Gasteiger partial charge >= 0.3 is 5.97 Å². The Bertz CT molecular complexity index is 457. The van der Waals surface area contributed by atoms with Gasteiger partial charge in [-0.15, -0.1) is 0 Å². The van der Waals surface area contributed by atoms with Crippen LogP contribution in [-0.2, 0) is 9.53 Å². The standard InChI is InChI=1S/C21H34O4/c1-2-3-6-9-17(22)12-13-19-18(16-14-20(19)25-15-16)10-7-4-5-8-11-21(23)24/h4,7,12-13,16-20,22H,2-3,5-6,8-11,14-15H2,1H3,(H,23,24)/b7-4+,13-12+/t16-,17+,18+,19-,20-/m0/s1. The summed E-state index contributed by atoms with van der Waals surface area (Å²) in [6.45, 7) is 3.04. The van der Waals surface area contributed by atoms with Gasteiger partial charge in [0.15, 0.2) is 0 Å². The number of hydrogen-bond donors (Lipinski definition) is 2. The molecule has 2 aliphatic rings. The Hall–Kier alpha value is -1.13. The lowest BCUT2D eigenvalue weighted by molar-refractivity contribution is -0.137. The van der Waals surface area contributed by atoms with E-state index in [0.717, 1.165) is 38.7 Å². The molecule has 142 valence electrons. The Morgan fingerprint density at radius 3 is 2.88 bits per heavy atom. The molecule has 4 nitrogen and oxygen atoms in total. The van der Waals surface area contributed by atoms with Crippen LogP contribution in [0.5, 0.6) is 0 Å². The monoisotopic (exact) mass is 350 g/mol. The summed E-state index contributed by atoms with van der Waals surface area (Å²) in [5.74, 6) is 0.902. The van der Waals surface area contributed by atoms with Crippen molar-refractivity contribution in [2.45, 2.75) is 76.9 Å². The molecule has 2 fully saturated rings. The second-order valence-corrected chi connectivity index (χ2v) is 7.55. The Labute approximate surface area is 152 Å². The summed E-state index contributed by atoms with van der Waals surface area (Å²) in [5, 5.41) is 18.8. The number of carboxylic acid groups (broad SMARTS) is 1. The Balaban J connectivity index is 1.78. The number of ether oxygens (including phenoxy) is 1. The fraction of sp³-hybridized carbons (Fsp3) is 0.762. The Kier molecular flexibility index (Phi) is 8.70. The van der Waals surface area contributed by atoms with Crippen LogP contribution in [0.25, 0.3) is 0 Å². The van der Waals surface area contributed by atoms with Crippen molar-refractivity contribution in [3.05, 3.63) is 24.3 Å². The lowest BCUT2D eigenvalue weighted by atomic mass is 9.84. The average molecular weight is 350 g/mol. The van der Waals surface area contributed by atoms with Gasteiger partial charge in [0.1, 0.15) is 0 Å². The minimum absolute atomic E-state index is 0.244. The molecule has 1 saturated heterocycles. The van der Waals surface area contributed by atoms with E-state index in [4.69, 9.17) is 9.84 Å². The van der Waals surface area contributed by atoms with Gasteiger partial charge in [0.05, 0.1) is 18.8 Å². The van der Waals surface area contributed by atoms with Gasteiger partial charge in [-0.3, -0.25) is 4.79 Å². The fourth-order valence-electron chi connectivity index (χ4n) is 4.15. The number of allylic oxidation sites excluding steroid dienone is 2. The van der Waals surface area contributed by atoms with Crippen molar-refractivity contribution in [1.82, 2.24) is 0 Å². The van der Waals surface area contributed by atoms with Crippen molar-refractivity contribution in [2.24, 2.45) is 17.8 Å². The molecule has 1 aliphatic carbocycles. The quantitative estimate of drug-likeness (QED) is 0.406. The zero-order chi connectivity index (χ0) is 18.1. The molecular formula is C21H34O4. The predicted octanol–water partition coefficient (Wildman–Crippen LogP) is 4.34. The van der Waals surface area contributed by atoms with Gasteiger partial charge in [-0.05, 0) is 43.9 Å². The van der Waals surface area contributed by atoms with Crippen LogP contribution in [0.2, 0.25) is 0 Å². The van der Waals surface area contributed by atoms with E-state index < -0.39 is 5.97 Å². The first kappa shape index (κ1) is 20.2. The van der Waals surface area contributed by atoms with E-state index in [1.165, 1.54) is 12.8 Å². The second kappa shape index (κ2) is 10.8. The van der Waals surface area contributed by atoms with E-state index >= 15 is 0 Å². The van der Waals surface area contributed by atoms with E-state index in [-0.39, 0.29) is 12.5 Å². The van der Waals surface area contributed by atoms with Gasteiger partial charge in [-0.1, -0.05) is 50.5 Å². The summed E-state index contributed by atoms with van der Waals surface area (Å²) in [4.78, 5) is 10.5. The summed E-state index contributed by atoms with van der Waals surface area (Å²) < 4.78 is 5.87. The van der Waals surface area contributed by atoms with Gasteiger partial charge in [-0.2, -0.15) is 0 Å². The Morgan fingerprint density at radius 1 is 1.28 bits per heavy atom. The maximum absolute atomic E-state index is 10.5. The van der Waals surface area contributed by atoms with Crippen molar-refractivity contribution in [3.63, 3.8) is 0 Å². The van der Waals surface area contributed by atoms with Crippen LogP contribution >= 0.6 is 0 Å². The van der Waals surface area contributed by atoms with E-state index in [1.54, 1.807) is 0 Å². The number of rotatable bonds is 12. The third kappa shape index (κ3) is 6.59. The second-order valence-electron chi connectivity index (χ2n) is 7.55. The molecule has 1 aliphatic heterocycles. The fourth-order valence-corrected chi connectivity index (χ4v) is 4.15. The molecule has 1 saturated carbocycles. The molecule has 0 aromatic heterocycles. The lowest BCUT2D eigenvalue weighted by Gasteiger charge is -2.28. The molecule has 2 N–H and O–H groups in total. The SMILES string of the molecule is CCCCC[C@@H](O)/C=C/[C@H]1[C@H](C/C=C/CCCC(=O)O)[C@@H]2CO[C@H]1C2. The van der Waals surface area contributed by atoms with Crippen LogP contribution in [0.4, 0.5) is 0 Å². The third-order valence-electron chi connectivity index (χ3n) is 5.58. The molecule has 0 unspecified atom stereocenters. The first-order valence-electron chi connectivity index (χ1n) is 9.96. The van der Waals surface area contributed by atoms with Crippen molar-refractivity contribution in [3.8, 4) is 0 Å². The summed E-state index contributed by atoms with van der Waals surface area (Å²) in [6.07, 6.45) is 16.7. The number of carboxylic acids is 1. The van der Waals surface area contributed by atoms with E-state index in [0.29, 0.717) is 30.3 Å². The number of unbranched alkanes of at least 4 members (excludes halogenated alkanes) is 3. The van der Waals surface area contributed by atoms with E-state index in [9.17, 15) is 9.90 Å². The highest BCUT2D eigenvalue weighted by atomic mass is 16.5. The molecule has 0 amide bonds. The van der Waals surface area contributed by atoms with Crippen LogP contribution in [-0.4, -0.2) is 35.0 Å². The molecule has 0 aromatic carbocycles. The highest BCUT2D eigenvalue weighted by Crippen LogP contribution is 2.47. The first-order chi connectivity index (χ1) is 12.1. The molecule has 25 heavy (non-hydrogen) atoms. The Morgan fingerprint density at radius 2 is 2.12 bits per heavy atom. The molecule has 0 spiro atoms. The highest BCUT2D eigenvalue weighted by molar-refractivity contribution is 5.66. The van der Waals surface area contributed by atoms with E-state index in [2.05, 4.69) is 25.2 Å². The van der Waals surface area contributed by atoms with Gasteiger partial charge in [-0.25, -0.2) is 0 Å². The number of aliphatic hydroxyl groups is 1. The predicted molar refractivity (Wildman–Crippen MR) is 99.4 cm³/mol. The average Bonchev–Trinajstić information content (AvgIpc) is 3.17. The molecule has 0 radical (unpaired) electrons.